The molecular formula is C9H16N2O4. The number of nitrogens with one attached hydrogen (secondary N) is 1. The molecule has 1 aliphatic rings. The third kappa shape index (κ3) is 4.26. The van der Waals surface area contributed by atoms with Crippen molar-refractivity contribution in [3.8, 4) is 0 Å². The van der Waals surface area contributed by atoms with E-state index in [0.29, 0.717) is 26.1 Å². The molecule has 0 aliphatic carbocycles. The van der Waals surface area contributed by atoms with E-state index in [1.54, 1.807) is 0 Å². The molecule has 86 valence electrons. The maximum Gasteiger partial charge on any atom is 0.408 e. The second kappa shape index (κ2) is 6.36. The first kappa shape index (κ1) is 11.9. The summed E-state index contributed by atoms with van der Waals surface area (Å²) in [5, 5.41) is 2.56. The Morgan fingerprint density at radius 2 is 2.53 bits per heavy atom. The van der Waals surface area contributed by atoms with Crippen LogP contribution in [0.4, 0.5) is 4.79 Å². The number of amides is 1. The van der Waals surface area contributed by atoms with E-state index in [2.05, 4.69) is 15.0 Å². The van der Waals surface area contributed by atoms with Crippen LogP contribution >= 0.6 is 0 Å². The van der Waals surface area contributed by atoms with Crippen LogP contribution in [0, 0.1) is 0 Å². The van der Waals surface area contributed by atoms with E-state index in [9.17, 15) is 9.59 Å². The lowest BCUT2D eigenvalue weighted by Crippen LogP contribution is -2.51. The van der Waals surface area contributed by atoms with Crippen molar-refractivity contribution >= 4 is 12.4 Å². The van der Waals surface area contributed by atoms with E-state index in [-0.39, 0.29) is 6.23 Å². The van der Waals surface area contributed by atoms with Gasteiger partial charge < -0.3 is 14.3 Å². The van der Waals surface area contributed by atoms with Crippen molar-refractivity contribution in [3.63, 3.8) is 0 Å². The number of methoxy groups -OCH3 is 1. The van der Waals surface area contributed by atoms with Gasteiger partial charge in [0, 0.05) is 26.1 Å². The SMILES string of the molecule is COC(=O)NC1CN(CCC=O)CCO1. The maximum atomic E-state index is 10.9. The lowest BCUT2D eigenvalue weighted by molar-refractivity contribution is -0.108. The summed E-state index contributed by atoms with van der Waals surface area (Å²) in [5.41, 5.74) is 0. The van der Waals surface area contributed by atoms with Crippen molar-refractivity contribution in [3.05, 3.63) is 0 Å². The molecule has 1 saturated heterocycles. The number of hydrogen-bond donors (Lipinski definition) is 1. The van der Waals surface area contributed by atoms with Crippen molar-refractivity contribution in [1.29, 1.82) is 0 Å². The van der Waals surface area contributed by atoms with Gasteiger partial charge in [0.1, 0.15) is 12.5 Å². The van der Waals surface area contributed by atoms with Crippen LogP contribution < -0.4 is 5.32 Å². The molecule has 6 heteroatoms. The molecule has 0 saturated carbocycles. The third-order valence-electron chi connectivity index (χ3n) is 2.18. The summed E-state index contributed by atoms with van der Waals surface area (Å²) < 4.78 is 9.78. The van der Waals surface area contributed by atoms with Gasteiger partial charge in [-0.1, -0.05) is 0 Å². The van der Waals surface area contributed by atoms with Crippen LogP contribution in [0.5, 0.6) is 0 Å². The van der Waals surface area contributed by atoms with Crippen molar-refractivity contribution in [2.45, 2.75) is 12.6 Å². The maximum absolute atomic E-state index is 10.9. The largest absolute Gasteiger partial charge is 0.453 e. The van der Waals surface area contributed by atoms with Crippen LogP contribution in [0.2, 0.25) is 0 Å². The topological polar surface area (TPSA) is 67.9 Å². The van der Waals surface area contributed by atoms with E-state index in [4.69, 9.17) is 4.74 Å². The number of carbonyl (C=O) groups excluding carboxylic acids is 2. The fourth-order valence-corrected chi connectivity index (χ4v) is 1.42. The minimum absolute atomic E-state index is 0.349. The molecule has 1 aliphatic heterocycles. The van der Waals surface area contributed by atoms with Crippen LogP contribution in [0.15, 0.2) is 0 Å². The van der Waals surface area contributed by atoms with Gasteiger partial charge in [-0.3, -0.25) is 10.2 Å². The Labute approximate surface area is 88.5 Å². The third-order valence-corrected chi connectivity index (χ3v) is 2.18. The first-order chi connectivity index (χ1) is 7.26. The smallest absolute Gasteiger partial charge is 0.408 e. The van der Waals surface area contributed by atoms with Crippen molar-refractivity contribution < 1.29 is 19.1 Å². The molecule has 0 aromatic heterocycles. The second-order valence-electron chi connectivity index (χ2n) is 3.25. The molecule has 0 bridgehead atoms. The average molecular weight is 216 g/mol. The van der Waals surface area contributed by atoms with Gasteiger partial charge in [0.2, 0.25) is 0 Å². The van der Waals surface area contributed by atoms with E-state index in [0.717, 1.165) is 12.8 Å². The van der Waals surface area contributed by atoms with Crippen LogP contribution in [0.1, 0.15) is 6.42 Å². The number of morpholine rings is 1. The molecule has 0 aromatic carbocycles. The number of aldehydes is 1. The summed E-state index contributed by atoms with van der Waals surface area (Å²) in [7, 11) is 1.31. The highest BCUT2D eigenvalue weighted by atomic mass is 16.6. The van der Waals surface area contributed by atoms with Crippen LogP contribution in [0.25, 0.3) is 0 Å². The number of rotatable bonds is 4. The molecule has 15 heavy (non-hydrogen) atoms. The Hall–Kier alpha value is -1.14. The minimum atomic E-state index is -0.503. The lowest BCUT2D eigenvalue weighted by atomic mass is 10.3. The summed E-state index contributed by atoms with van der Waals surface area (Å²) >= 11 is 0. The summed E-state index contributed by atoms with van der Waals surface area (Å²) in [6.07, 6.45) is 0.540. The monoisotopic (exact) mass is 216 g/mol. The molecule has 1 heterocycles. The molecule has 1 amide bonds. The van der Waals surface area contributed by atoms with Gasteiger partial charge in [-0.05, 0) is 0 Å². The zero-order valence-corrected chi connectivity index (χ0v) is 8.77. The first-order valence-electron chi connectivity index (χ1n) is 4.88. The average Bonchev–Trinajstić information content (AvgIpc) is 2.26. The first-order valence-corrected chi connectivity index (χ1v) is 4.88. The van der Waals surface area contributed by atoms with Crippen LogP contribution in [-0.2, 0) is 14.3 Å². The van der Waals surface area contributed by atoms with Crippen molar-refractivity contribution in [2.75, 3.05) is 33.4 Å². The molecule has 1 N–H and O–H groups in total. The van der Waals surface area contributed by atoms with Gasteiger partial charge >= 0.3 is 6.09 Å². The zero-order valence-electron chi connectivity index (χ0n) is 8.77. The van der Waals surface area contributed by atoms with Gasteiger partial charge in [0.05, 0.1) is 13.7 Å². The minimum Gasteiger partial charge on any atom is -0.453 e. The molecule has 6 nitrogen and oxygen atoms in total. The highest BCUT2D eigenvalue weighted by molar-refractivity contribution is 5.67. The molecule has 0 radical (unpaired) electrons. The van der Waals surface area contributed by atoms with Gasteiger partial charge in [-0.15, -0.1) is 0 Å². The Kier molecular flexibility index (Phi) is 5.06. The van der Waals surface area contributed by atoms with Gasteiger partial charge in [-0.2, -0.15) is 0 Å². The molecule has 0 spiro atoms. The molecule has 0 aromatic rings. The molecular weight excluding hydrogens is 200 g/mol. The highest BCUT2D eigenvalue weighted by Crippen LogP contribution is 2.03. The number of ether oxygens (including phenoxy) is 2. The number of alkyl carbamates (subject to hydrolysis) is 1. The van der Waals surface area contributed by atoms with Crippen LogP contribution in [0.3, 0.4) is 0 Å². The molecule has 1 unspecified atom stereocenters. The van der Waals surface area contributed by atoms with E-state index in [1.165, 1.54) is 7.11 Å². The van der Waals surface area contributed by atoms with Crippen molar-refractivity contribution in [2.24, 2.45) is 0 Å². The number of nitrogens with zero attached hydrogens (tertiary/aromatic N) is 1. The van der Waals surface area contributed by atoms with Gasteiger partial charge in [0.15, 0.2) is 0 Å². The Morgan fingerprint density at radius 1 is 1.73 bits per heavy atom. The van der Waals surface area contributed by atoms with Crippen LogP contribution in [-0.4, -0.2) is 56.9 Å². The van der Waals surface area contributed by atoms with E-state index < -0.39 is 6.09 Å². The predicted molar refractivity (Wildman–Crippen MR) is 52.4 cm³/mol. The number of carbonyl (C=O) groups is 2. The highest BCUT2D eigenvalue weighted by Gasteiger charge is 2.21. The number of hydrogen-bond acceptors (Lipinski definition) is 5. The van der Waals surface area contributed by atoms with E-state index in [1.807, 2.05) is 0 Å². The molecule has 1 fully saturated rings. The van der Waals surface area contributed by atoms with E-state index >= 15 is 0 Å². The normalized spacial score (nSPS) is 22.1. The summed E-state index contributed by atoms with van der Waals surface area (Å²) in [6, 6.07) is 0. The fraction of sp³-hybridized carbons (Fsp3) is 0.778. The zero-order chi connectivity index (χ0) is 11.1. The summed E-state index contributed by atoms with van der Waals surface area (Å²) in [5.74, 6) is 0. The molecule has 1 atom stereocenters. The Bertz CT molecular complexity index is 222. The standard InChI is InChI=1S/C9H16N2O4/c1-14-9(13)10-8-7-11(3-2-5-12)4-6-15-8/h5,8H,2-4,6-7H2,1H3,(H,10,13). The lowest BCUT2D eigenvalue weighted by Gasteiger charge is -2.32. The van der Waals surface area contributed by atoms with Gasteiger partial charge in [0.25, 0.3) is 0 Å². The Morgan fingerprint density at radius 3 is 3.20 bits per heavy atom. The second-order valence-corrected chi connectivity index (χ2v) is 3.25. The fourth-order valence-electron chi connectivity index (χ4n) is 1.42. The summed E-state index contributed by atoms with van der Waals surface area (Å²) in [4.78, 5) is 23.2. The Balaban J connectivity index is 2.28. The summed E-state index contributed by atoms with van der Waals surface area (Å²) in [6.45, 7) is 2.62. The quantitative estimate of drug-likeness (QED) is 0.647. The molecule has 1 rings (SSSR count). The van der Waals surface area contributed by atoms with Gasteiger partial charge in [-0.25, -0.2) is 4.79 Å². The predicted octanol–water partition coefficient (Wildman–Crippen LogP) is -0.410. The van der Waals surface area contributed by atoms with Crippen molar-refractivity contribution in [1.82, 2.24) is 10.2 Å².